The molecule has 0 bridgehead atoms. The Hall–Kier alpha value is -2.22. The molecule has 0 fully saturated rings. The molecular weight excluding hydrogens is 266 g/mol. The third-order valence-corrected chi connectivity index (χ3v) is 3.22. The van der Waals surface area contributed by atoms with Crippen LogP contribution in [0, 0.1) is 17.0 Å². The maximum absolute atomic E-state index is 10.8. The van der Waals surface area contributed by atoms with Crippen LogP contribution < -0.4 is 10.6 Å². The number of hydrogen-bond acceptors (Lipinski definition) is 7. The van der Waals surface area contributed by atoms with Gasteiger partial charge in [0.05, 0.1) is 34.3 Å². The summed E-state index contributed by atoms with van der Waals surface area (Å²) in [6, 6.07) is 2.79. The summed E-state index contributed by atoms with van der Waals surface area (Å²) in [7, 11) is 1.67. The van der Waals surface area contributed by atoms with Gasteiger partial charge in [-0.05, 0) is 6.92 Å². The van der Waals surface area contributed by atoms with Crippen LogP contribution in [0.1, 0.15) is 10.7 Å². The van der Waals surface area contributed by atoms with Crippen LogP contribution in [-0.4, -0.2) is 21.9 Å². The van der Waals surface area contributed by atoms with E-state index >= 15 is 0 Å². The first-order chi connectivity index (χ1) is 9.08. The number of thiazole rings is 1. The predicted octanol–water partition coefficient (Wildman–Crippen LogP) is 2.41. The minimum Gasteiger partial charge on any atom is -0.373 e. The molecule has 0 radical (unpaired) electrons. The minimum atomic E-state index is -0.444. The number of aromatic nitrogens is 2. The second-order valence-electron chi connectivity index (χ2n) is 3.81. The van der Waals surface area contributed by atoms with Crippen molar-refractivity contribution in [1.29, 1.82) is 0 Å². The highest BCUT2D eigenvalue weighted by molar-refractivity contribution is 7.09. The number of nitro groups is 1. The highest BCUT2D eigenvalue weighted by Crippen LogP contribution is 2.20. The smallest absolute Gasteiger partial charge is 0.276 e. The number of aryl methyl sites for hydroxylation is 1. The van der Waals surface area contributed by atoms with Gasteiger partial charge in [0.2, 0.25) is 0 Å². The van der Waals surface area contributed by atoms with Crippen LogP contribution in [0.2, 0.25) is 0 Å². The Morgan fingerprint density at radius 2 is 2.11 bits per heavy atom. The number of pyridine rings is 1. The van der Waals surface area contributed by atoms with Crippen LogP contribution in [0.4, 0.5) is 17.3 Å². The fraction of sp³-hybridized carbons (Fsp3) is 0.273. The largest absolute Gasteiger partial charge is 0.373 e. The maximum atomic E-state index is 10.8. The zero-order chi connectivity index (χ0) is 13.8. The van der Waals surface area contributed by atoms with Gasteiger partial charge in [-0.1, -0.05) is 0 Å². The third-order valence-electron chi connectivity index (χ3n) is 2.39. The van der Waals surface area contributed by atoms with E-state index < -0.39 is 4.92 Å². The lowest BCUT2D eigenvalue weighted by Gasteiger charge is -2.06. The molecule has 0 aliphatic carbocycles. The lowest BCUT2D eigenvalue weighted by molar-refractivity contribution is -0.384. The van der Waals surface area contributed by atoms with Gasteiger partial charge in [-0.15, -0.1) is 11.3 Å². The van der Waals surface area contributed by atoms with Crippen LogP contribution in [0.25, 0.3) is 0 Å². The van der Waals surface area contributed by atoms with Crippen LogP contribution in [-0.2, 0) is 6.54 Å². The second kappa shape index (κ2) is 5.61. The van der Waals surface area contributed by atoms with E-state index in [2.05, 4.69) is 20.6 Å². The average Bonchev–Trinajstić information content (AvgIpc) is 2.81. The van der Waals surface area contributed by atoms with Gasteiger partial charge in [0.1, 0.15) is 11.6 Å². The van der Waals surface area contributed by atoms with Crippen LogP contribution in [0.5, 0.6) is 0 Å². The molecule has 0 aromatic carbocycles. The SMILES string of the molecule is CNc1cc([N+](=O)[O-])cc(NCc2csc(C)n2)n1. The number of rotatable bonds is 5. The van der Waals surface area contributed by atoms with Gasteiger partial charge < -0.3 is 10.6 Å². The zero-order valence-electron chi connectivity index (χ0n) is 10.5. The van der Waals surface area contributed by atoms with E-state index in [-0.39, 0.29) is 5.69 Å². The summed E-state index contributed by atoms with van der Waals surface area (Å²) in [5, 5.41) is 19.6. The van der Waals surface area contributed by atoms with Crippen molar-refractivity contribution in [3.8, 4) is 0 Å². The highest BCUT2D eigenvalue weighted by atomic mass is 32.1. The fourth-order valence-electron chi connectivity index (χ4n) is 1.51. The topological polar surface area (TPSA) is 93.0 Å². The summed E-state index contributed by atoms with van der Waals surface area (Å²) >= 11 is 1.56. The van der Waals surface area contributed by atoms with E-state index in [1.165, 1.54) is 12.1 Å². The molecule has 0 aliphatic rings. The Labute approximate surface area is 113 Å². The quantitative estimate of drug-likeness (QED) is 0.645. The van der Waals surface area contributed by atoms with Crippen LogP contribution in [0.3, 0.4) is 0 Å². The van der Waals surface area contributed by atoms with Crippen molar-refractivity contribution in [3.05, 3.63) is 38.3 Å². The second-order valence-corrected chi connectivity index (χ2v) is 4.88. The lowest BCUT2D eigenvalue weighted by Crippen LogP contribution is -2.04. The van der Waals surface area contributed by atoms with Crippen molar-refractivity contribution in [2.75, 3.05) is 17.7 Å². The van der Waals surface area contributed by atoms with Crippen LogP contribution in [0.15, 0.2) is 17.5 Å². The lowest BCUT2D eigenvalue weighted by atomic mass is 10.3. The molecule has 2 aromatic rings. The predicted molar refractivity (Wildman–Crippen MR) is 74.6 cm³/mol. The normalized spacial score (nSPS) is 10.2. The van der Waals surface area contributed by atoms with E-state index in [0.29, 0.717) is 18.2 Å². The van der Waals surface area contributed by atoms with Gasteiger partial charge in [0, 0.05) is 12.4 Å². The fourth-order valence-corrected chi connectivity index (χ4v) is 2.12. The van der Waals surface area contributed by atoms with E-state index in [4.69, 9.17) is 0 Å². The van der Waals surface area contributed by atoms with Crippen molar-refractivity contribution in [2.24, 2.45) is 0 Å². The molecule has 0 saturated carbocycles. The number of anilines is 2. The summed E-state index contributed by atoms with van der Waals surface area (Å²) in [5.41, 5.74) is 0.887. The summed E-state index contributed by atoms with van der Waals surface area (Å²) in [6.07, 6.45) is 0. The van der Waals surface area contributed by atoms with Crippen molar-refractivity contribution in [2.45, 2.75) is 13.5 Å². The summed E-state index contributed by atoms with van der Waals surface area (Å²) in [5.74, 6) is 0.898. The van der Waals surface area contributed by atoms with E-state index in [0.717, 1.165) is 10.7 Å². The van der Waals surface area contributed by atoms with Crippen molar-refractivity contribution in [1.82, 2.24) is 9.97 Å². The van der Waals surface area contributed by atoms with Gasteiger partial charge in [-0.25, -0.2) is 9.97 Å². The Morgan fingerprint density at radius 3 is 2.68 bits per heavy atom. The van der Waals surface area contributed by atoms with Crippen molar-refractivity contribution < 1.29 is 4.92 Å². The molecule has 2 N–H and O–H groups in total. The first kappa shape index (κ1) is 13.2. The van der Waals surface area contributed by atoms with Gasteiger partial charge >= 0.3 is 0 Å². The molecule has 7 nitrogen and oxygen atoms in total. The molecule has 0 spiro atoms. The average molecular weight is 279 g/mol. The number of nitrogens with one attached hydrogen (secondary N) is 2. The van der Waals surface area contributed by atoms with Gasteiger partial charge in [0.15, 0.2) is 0 Å². The first-order valence-electron chi connectivity index (χ1n) is 5.57. The molecule has 2 rings (SSSR count). The van der Waals surface area contributed by atoms with Gasteiger partial charge in [0.25, 0.3) is 5.69 Å². The molecule has 2 heterocycles. The molecule has 8 heteroatoms. The Kier molecular flexibility index (Phi) is 3.91. The zero-order valence-corrected chi connectivity index (χ0v) is 11.3. The minimum absolute atomic E-state index is 0.00342. The monoisotopic (exact) mass is 279 g/mol. The molecule has 19 heavy (non-hydrogen) atoms. The summed E-state index contributed by atoms with van der Waals surface area (Å²) < 4.78 is 0. The molecule has 0 atom stereocenters. The Morgan fingerprint density at radius 1 is 1.37 bits per heavy atom. The molecule has 0 aliphatic heterocycles. The highest BCUT2D eigenvalue weighted by Gasteiger charge is 2.10. The Bertz CT molecular complexity index is 599. The van der Waals surface area contributed by atoms with E-state index in [9.17, 15) is 10.1 Å². The molecular formula is C11H13N5O2S. The third kappa shape index (κ3) is 3.38. The molecule has 2 aromatic heterocycles. The summed E-state index contributed by atoms with van der Waals surface area (Å²) in [6.45, 7) is 2.42. The summed E-state index contributed by atoms with van der Waals surface area (Å²) in [4.78, 5) is 18.9. The van der Waals surface area contributed by atoms with E-state index in [1.807, 2.05) is 12.3 Å². The number of hydrogen-bond donors (Lipinski definition) is 2. The standard InChI is InChI=1S/C11H13N5O2S/c1-7-14-8(6-19-7)5-13-11-4-9(16(17)18)3-10(12-2)15-11/h3-4,6H,5H2,1-2H3,(H2,12,13,15). The van der Waals surface area contributed by atoms with Crippen molar-refractivity contribution >= 4 is 28.7 Å². The first-order valence-corrected chi connectivity index (χ1v) is 6.45. The molecule has 0 saturated heterocycles. The molecule has 0 unspecified atom stereocenters. The van der Waals surface area contributed by atoms with Gasteiger partial charge in [-0.2, -0.15) is 0 Å². The van der Waals surface area contributed by atoms with Crippen molar-refractivity contribution in [3.63, 3.8) is 0 Å². The molecule has 100 valence electrons. The number of nitrogens with zero attached hydrogens (tertiary/aromatic N) is 3. The maximum Gasteiger partial charge on any atom is 0.276 e. The molecule has 0 amide bonds. The van der Waals surface area contributed by atoms with E-state index in [1.54, 1.807) is 18.4 Å². The van der Waals surface area contributed by atoms with Gasteiger partial charge in [-0.3, -0.25) is 10.1 Å². The van der Waals surface area contributed by atoms with Crippen LogP contribution >= 0.6 is 11.3 Å². The Balaban J connectivity index is 2.15.